The number of rotatable bonds is 5. The molecule has 12 heteroatoms. The van der Waals surface area contributed by atoms with Crippen molar-refractivity contribution in [3.05, 3.63) is 0 Å². The van der Waals surface area contributed by atoms with Gasteiger partial charge >= 0.3 is 29.9 Å². The summed E-state index contributed by atoms with van der Waals surface area (Å²) in [6, 6.07) is 0. The van der Waals surface area contributed by atoms with E-state index in [2.05, 4.69) is 0 Å². The summed E-state index contributed by atoms with van der Waals surface area (Å²) >= 11 is 0. The molecule has 0 heterocycles. The monoisotopic (exact) mass is 314 g/mol. The van der Waals surface area contributed by atoms with Crippen molar-refractivity contribution in [2.75, 3.05) is 6.61 Å². The first-order valence-corrected chi connectivity index (χ1v) is 4.21. The van der Waals surface area contributed by atoms with Gasteiger partial charge in [0.25, 0.3) is 0 Å². The van der Waals surface area contributed by atoms with Gasteiger partial charge in [0.2, 0.25) is 0 Å². The molecular formula is C7H5F11O. The largest absolute Gasteiger partial charge is 0.459 e. The van der Waals surface area contributed by atoms with Crippen LogP contribution in [0.4, 0.5) is 48.3 Å². The van der Waals surface area contributed by atoms with E-state index in [1.54, 1.807) is 0 Å². The minimum Gasteiger partial charge on any atom is -0.390 e. The second-order valence-corrected chi connectivity index (χ2v) is 3.52. The molecule has 0 radical (unpaired) electrons. The van der Waals surface area contributed by atoms with Crippen LogP contribution in [0.15, 0.2) is 0 Å². The van der Waals surface area contributed by atoms with Gasteiger partial charge in [0, 0.05) is 0 Å². The predicted molar refractivity (Wildman–Crippen MR) is 37.5 cm³/mol. The number of halogens is 11. The third kappa shape index (κ3) is 3.20. The van der Waals surface area contributed by atoms with Gasteiger partial charge in [-0.2, -0.15) is 48.3 Å². The lowest BCUT2D eigenvalue weighted by Crippen LogP contribution is -2.57. The number of hydrogen-bond donors (Lipinski definition) is 1. The predicted octanol–water partition coefficient (Wildman–Crippen LogP) is 3.47. The molecule has 0 aliphatic heterocycles. The van der Waals surface area contributed by atoms with Gasteiger partial charge in [-0.3, -0.25) is 0 Å². The van der Waals surface area contributed by atoms with Gasteiger partial charge in [0.05, 0.1) is 6.42 Å². The van der Waals surface area contributed by atoms with Gasteiger partial charge in [-0.05, 0) is 0 Å². The molecule has 0 amide bonds. The summed E-state index contributed by atoms with van der Waals surface area (Å²) in [5.41, 5.74) is 0. The molecule has 1 N–H and O–H groups in total. The summed E-state index contributed by atoms with van der Waals surface area (Å²) in [4.78, 5) is 0. The van der Waals surface area contributed by atoms with Crippen LogP contribution < -0.4 is 0 Å². The van der Waals surface area contributed by atoms with E-state index in [0.29, 0.717) is 0 Å². The number of aliphatic hydroxyl groups excluding tert-OH is 1. The van der Waals surface area contributed by atoms with Crippen molar-refractivity contribution in [2.45, 2.75) is 36.3 Å². The zero-order chi connectivity index (χ0) is 15.9. The fourth-order valence-electron chi connectivity index (χ4n) is 0.842. The quantitative estimate of drug-likeness (QED) is 0.771. The third-order valence-corrected chi connectivity index (χ3v) is 1.99. The molecule has 0 aromatic carbocycles. The van der Waals surface area contributed by atoms with Crippen LogP contribution >= 0.6 is 0 Å². The molecule has 0 unspecified atom stereocenters. The molecule has 0 aromatic rings. The van der Waals surface area contributed by atoms with E-state index in [9.17, 15) is 48.3 Å². The molecular weight excluding hydrogens is 309 g/mol. The lowest BCUT2D eigenvalue weighted by atomic mass is 9.99. The van der Waals surface area contributed by atoms with E-state index < -0.39 is 42.9 Å². The number of alkyl halides is 11. The second kappa shape index (κ2) is 4.63. The van der Waals surface area contributed by atoms with E-state index in [1.807, 2.05) is 0 Å². The van der Waals surface area contributed by atoms with Crippen LogP contribution in [0.5, 0.6) is 0 Å². The van der Waals surface area contributed by atoms with Gasteiger partial charge in [-0.15, -0.1) is 0 Å². The van der Waals surface area contributed by atoms with Crippen LogP contribution in [0.2, 0.25) is 0 Å². The Morgan fingerprint density at radius 1 is 0.579 bits per heavy atom. The molecule has 0 aliphatic rings. The molecule has 0 spiro atoms. The lowest BCUT2D eigenvalue weighted by molar-refractivity contribution is -0.370. The fraction of sp³-hybridized carbons (Fsp3) is 1.00. The van der Waals surface area contributed by atoms with E-state index in [0.717, 1.165) is 0 Å². The molecule has 0 bridgehead atoms. The van der Waals surface area contributed by atoms with Crippen molar-refractivity contribution < 1.29 is 53.4 Å². The van der Waals surface area contributed by atoms with Crippen LogP contribution in [0.1, 0.15) is 6.42 Å². The van der Waals surface area contributed by atoms with Crippen molar-refractivity contribution >= 4 is 0 Å². The summed E-state index contributed by atoms with van der Waals surface area (Å²) in [7, 11) is 0. The summed E-state index contributed by atoms with van der Waals surface area (Å²) in [6.45, 7) is -2.70. The van der Waals surface area contributed by atoms with Crippen LogP contribution in [0.25, 0.3) is 0 Å². The highest BCUT2D eigenvalue weighted by atomic mass is 19.4. The molecule has 0 aliphatic carbocycles. The van der Waals surface area contributed by atoms with Crippen molar-refractivity contribution in [3.63, 3.8) is 0 Å². The van der Waals surface area contributed by atoms with Crippen LogP contribution in [-0.2, 0) is 0 Å². The Hall–Kier alpha value is -0.810. The SMILES string of the molecule is OCC(F)(F)C(F)(F)CC(F)(F)C(F)(F)C(F)(F)F. The highest BCUT2D eigenvalue weighted by Crippen LogP contribution is 2.52. The first kappa shape index (κ1) is 18.2. The molecule has 0 aromatic heterocycles. The third-order valence-electron chi connectivity index (χ3n) is 1.99. The Bertz CT molecular complexity index is 317. The maximum absolute atomic E-state index is 12.5. The first-order chi connectivity index (χ1) is 8.02. The Morgan fingerprint density at radius 3 is 1.21 bits per heavy atom. The van der Waals surface area contributed by atoms with Gasteiger partial charge in [0.1, 0.15) is 6.61 Å². The summed E-state index contributed by atoms with van der Waals surface area (Å²) in [5, 5.41) is 7.80. The van der Waals surface area contributed by atoms with Crippen molar-refractivity contribution in [3.8, 4) is 0 Å². The van der Waals surface area contributed by atoms with Crippen molar-refractivity contribution in [1.29, 1.82) is 0 Å². The molecule has 0 fully saturated rings. The number of hydrogen-bond acceptors (Lipinski definition) is 1. The molecule has 0 atom stereocenters. The minimum atomic E-state index is -6.92. The smallest absolute Gasteiger partial charge is 0.390 e. The van der Waals surface area contributed by atoms with Gasteiger partial charge < -0.3 is 5.11 Å². The average Bonchev–Trinajstić information content (AvgIpc) is 2.13. The molecule has 19 heavy (non-hydrogen) atoms. The van der Waals surface area contributed by atoms with Crippen LogP contribution in [-0.4, -0.2) is 41.6 Å². The normalized spacial score (nSPS) is 15.8. The fourth-order valence-corrected chi connectivity index (χ4v) is 0.842. The molecule has 0 rings (SSSR count). The molecule has 116 valence electrons. The summed E-state index contributed by atoms with van der Waals surface area (Å²) < 4.78 is 134. The van der Waals surface area contributed by atoms with Gasteiger partial charge in [-0.25, -0.2) is 0 Å². The molecule has 0 saturated heterocycles. The number of aliphatic hydroxyl groups is 1. The van der Waals surface area contributed by atoms with E-state index in [-0.39, 0.29) is 0 Å². The Labute approximate surface area is 97.5 Å². The molecule has 0 saturated carbocycles. The second-order valence-electron chi connectivity index (χ2n) is 3.52. The maximum atomic E-state index is 12.5. The lowest BCUT2D eigenvalue weighted by Gasteiger charge is -2.33. The summed E-state index contributed by atoms with van der Waals surface area (Å²) in [5.74, 6) is -24.9. The average molecular weight is 314 g/mol. The standard InChI is InChI=1S/C7H5F11O/c8-3(9,5(12,13)2-19)1-4(10,11)6(14,15)7(16,17)18/h19H,1-2H2. The highest BCUT2D eigenvalue weighted by molar-refractivity contribution is 4.98. The van der Waals surface area contributed by atoms with Crippen molar-refractivity contribution in [1.82, 2.24) is 0 Å². The Kier molecular flexibility index (Phi) is 4.43. The van der Waals surface area contributed by atoms with E-state index in [4.69, 9.17) is 5.11 Å². The zero-order valence-corrected chi connectivity index (χ0v) is 8.52. The van der Waals surface area contributed by atoms with Gasteiger partial charge in [0.15, 0.2) is 0 Å². The summed E-state index contributed by atoms with van der Waals surface area (Å²) in [6.07, 6.45) is -10.7. The van der Waals surface area contributed by atoms with E-state index >= 15 is 0 Å². The Balaban J connectivity index is 5.39. The topological polar surface area (TPSA) is 20.2 Å². The Morgan fingerprint density at radius 2 is 0.947 bits per heavy atom. The van der Waals surface area contributed by atoms with Crippen LogP contribution in [0.3, 0.4) is 0 Å². The highest BCUT2D eigenvalue weighted by Gasteiger charge is 2.76. The van der Waals surface area contributed by atoms with Gasteiger partial charge in [-0.1, -0.05) is 0 Å². The zero-order valence-electron chi connectivity index (χ0n) is 8.52. The first-order valence-electron chi connectivity index (χ1n) is 4.21. The van der Waals surface area contributed by atoms with E-state index in [1.165, 1.54) is 0 Å². The van der Waals surface area contributed by atoms with Crippen LogP contribution in [0, 0.1) is 0 Å². The molecule has 1 nitrogen and oxygen atoms in total. The maximum Gasteiger partial charge on any atom is 0.459 e. The minimum absolute atomic E-state index is 2.70. The van der Waals surface area contributed by atoms with Crippen molar-refractivity contribution in [2.24, 2.45) is 0 Å².